The fraction of sp³-hybridized carbons (Fsp3) is 0.179. The monoisotopic (exact) mass is 608 g/mol. The lowest BCUT2D eigenvalue weighted by Gasteiger charge is -2.37. The second-order valence-corrected chi connectivity index (χ2v) is 11.3. The van der Waals surface area contributed by atoms with Gasteiger partial charge in [-0.05, 0) is 59.0 Å². The number of carbonyl (C=O) groups excluding carboxylic acids is 2. The maximum absolute atomic E-state index is 14.5. The van der Waals surface area contributed by atoms with Gasteiger partial charge in [-0.1, -0.05) is 84.9 Å². The summed E-state index contributed by atoms with van der Waals surface area (Å²) >= 11 is 0. The molecule has 0 fully saturated rings. The van der Waals surface area contributed by atoms with Crippen LogP contribution in [-0.2, 0) is 35.5 Å². The van der Waals surface area contributed by atoms with Crippen LogP contribution in [0.4, 0.5) is 0 Å². The van der Waals surface area contributed by atoms with Gasteiger partial charge < -0.3 is 14.5 Å². The Bertz CT molecular complexity index is 1790. The van der Waals surface area contributed by atoms with Crippen LogP contribution < -0.4 is 4.74 Å². The maximum atomic E-state index is 14.5. The fourth-order valence-corrected chi connectivity index (χ4v) is 5.78. The zero-order chi connectivity index (χ0) is 31.7. The first-order valence-corrected chi connectivity index (χ1v) is 15.5. The molecule has 1 atom stereocenters. The normalized spacial score (nSPS) is 13.2. The first-order valence-electron chi connectivity index (χ1n) is 15.5. The highest BCUT2D eigenvalue weighted by Crippen LogP contribution is 2.24. The number of ether oxygens (including phenoxy) is 1. The minimum absolute atomic E-state index is 0.0622. The molecule has 1 aliphatic rings. The molecule has 0 aliphatic carbocycles. The van der Waals surface area contributed by atoms with Crippen molar-refractivity contribution >= 4 is 17.9 Å². The molecule has 5 aromatic rings. The van der Waals surface area contributed by atoms with Crippen LogP contribution in [0.1, 0.15) is 27.9 Å². The van der Waals surface area contributed by atoms with Crippen LogP contribution in [0, 0.1) is 0 Å². The Kier molecular flexibility index (Phi) is 9.59. The maximum Gasteiger partial charge on any atom is 0.247 e. The first-order chi connectivity index (χ1) is 22.6. The van der Waals surface area contributed by atoms with E-state index < -0.39 is 6.04 Å². The van der Waals surface area contributed by atoms with Crippen molar-refractivity contribution in [1.82, 2.24) is 19.8 Å². The van der Waals surface area contributed by atoms with Gasteiger partial charge in [-0.2, -0.15) is 0 Å². The smallest absolute Gasteiger partial charge is 0.247 e. The molecule has 3 aromatic carbocycles. The van der Waals surface area contributed by atoms with Crippen LogP contribution in [-0.4, -0.2) is 51.3 Å². The highest BCUT2D eigenvalue weighted by atomic mass is 16.5. The summed E-state index contributed by atoms with van der Waals surface area (Å²) in [6, 6.07) is 34.9. The van der Waals surface area contributed by atoms with E-state index in [0.29, 0.717) is 31.0 Å². The predicted octanol–water partition coefficient (Wildman–Crippen LogP) is 6.39. The van der Waals surface area contributed by atoms with Gasteiger partial charge in [-0.25, -0.2) is 0 Å². The molecule has 0 spiro atoms. The Morgan fingerprint density at radius 3 is 2.33 bits per heavy atom. The number of hydrogen-bond acceptors (Lipinski definition) is 5. The lowest BCUT2D eigenvalue weighted by molar-refractivity contribution is -0.144. The molecule has 3 heterocycles. The highest BCUT2D eigenvalue weighted by molar-refractivity contribution is 5.95. The van der Waals surface area contributed by atoms with E-state index >= 15 is 0 Å². The number of nitrogens with zero attached hydrogens (tertiary/aromatic N) is 4. The van der Waals surface area contributed by atoms with Gasteiger partial charge in [0.15, 0.2) is 0 Å². The van der Waals surface area contributed by atoms with E-state index in [2.05, 4.69) is 22.1 Å². The molecule has 0 N–H and O–H groups in total. The van der Waals surface area contributed by atoms with E-state index in [1.807, 2.05) is 89.8 Å². The minimum Gasteiger partial charge on any atom is -0.495 e. The number of hydrogen-bond donors (Lipinski definition) is 0. The van der Waals surface area contributed by atoms with Gasteiger partial charge in [-0.3, -0.25) is 19.6 Å². The van der Waals surface area contributed by atoms with Crippen LogP contribution in [0.15, 0.2) is 128 Å². The van der Waals surface area contributed by atoms with Crippen LogP contribution in [0.5, 0.6) is 5.75 Å². The standard InChI is InChI=1S/C39H36N4O3/c1-46-35-20-18-34(41-26-35)19-21-38(44)43(27-30-14-16-32(17-15-30)36-13-7-8-23-40-36)37(25-29-9-3-2-4-10-29)39(45)42-24-22-31-11-5-6-12-33(31)28-42/h2-21,23,26,37H,22,24-25,27-28H2,1H3. The summed E-state index contributed by atoms with van der Waals surface area (Å²) in [6.45, 7) is 1.38. The SMILES string of the molecule is COc1ccc(C=CC(=O)N(Cc2ccc(-c3ccccn3)cc2)C(Cc2ccccc2)C(=O)N2CCc3ccccc3C2)nc1. The first kappa shape index (κ1) is 30.5. The van der Waals surface area contributed by atoms with Crippen molar-refractivity contribution in [2.24, 2.45) is 0 Å². The Labute approximate surface area is 269 Å². The molecule has 0 saturated heterocycles. The molecular formula is C39H36N4O3. The molecular weight excluding hydrogens is 572 g/mol. The van der Waals surface area contributed by atoms with Crippen LogP contribution >= 0.6 is 0 Å². The van der Waals surface area contributed by atoms with Gasteiger partial charge >= 0.3 is 0 Å². The summed E-state index contributed by atoms with van der Waals surface area (Å²) in [5, 5.41) is 0. The molecule has 46 heavy (non-hydrogen) atoms. The molecule has 7 heteroatoms. The molecule has 230 valence electrons. The summed E-state index contributed by atoms with van der Waals surface area (Å²) in [6.07, 6.45) is 7.75. The number of benzene rings is 3. The summed E-state index contributed by atoms with van der Waals surface area (Å²) in [5.41, 5.74) is 6.79. The Balaban J connectivity index is 1.34. The molecule has 2 aromatic heterocycles. The number of rotatable bonds is 10. The summed E-state index contributed by atoms with van der Waals surface area (Å²) in [7, 11) is 1.58. The van der Waals surface area contributed by atoms with Gasteiger partial charge in [0.05, 0.1) is 24.7 Å². The largest absolute Gasteiger partial charge is 0.495 e. The van der Waals surface area contributed by atoms with E-state index in [-0.39, 0.29) is 18.4 Å². The van der Waals surface area contributed by atoms with Gasteiger partial charge in [0.1, 0.15) is 11.8 Å². The third-order valence-electron chi connectivity index (χ3n) is 8.32. The Morgan fingerprint density at radius 2 is 1.61 bits per heavy atom. The number of carbonyl (C=O) groups is 2. The van der Waals surface area contributed by atoms with Crippen molar-refractivity contribution in [3.63, 3.8) is 0 Å². The minimum atomic E-state index is -0.718. The number of fused-ring (bicyclic) bond motifs is 1. The summed E-state index contributed by atoms with van der Waals surface area (Å²) in [5.74, 6) is 0.307. The second-order valence-electron chi connectivity index (χ2n) is 11.3. The second kappa shape index (κ2) is 14.5. The molecule has 1 unspecified atom stereocenters. The van der Waals surface area contributed by atoms with Crippen molar-refractivity contribution in [3.8, 4) is 17.0 Å². The van der Waals surface area contributed by atoms with Crippen LogP contribution in [0.2, 0.25) is 0 Å². The van der Waals surface area contributed by atoms with Crippen molar-refractivity contribution in [2.45, 2.75) is 32.0 Å². The topological polar surface area (TPSA) is 75.6 Å². The quantitative estimate of drug-likeness (QED) is 0.172. The van der Waals surface area contributed by atoms with Crippen molar-refractivity contribution in [2.75, 3.05) is 13.7 Å². The molecule has 2 amide bonds. The highest BCUT2D eigenvalue weighted by Gasteiger charge is 2.34. The predicted molar refractivity (Wildman–Crippen MR) is 180 cm³/mol. The fourth-order valence-electron chi connectivity index (χ4n) is 5.78. The number of methoxy groups -OCH3 is 1. The molecule has 0 bridgehead atoms. The zero-order valence-electron chi connectivity index (χ0n) is 25.8. The number of aromatic nitrogens is 2. The van der Waals surface area contributed by atoms with Crippen molar-refractivity contribution in [3.05, 3.63) is 156 Å². The van der Waals surface area contributed by atoms with Gasteiger partial charge in [-0.15, -0.1) is 0 Å². The molecule has 1 aliphatic heterocycles. The average Bonchev–Trinajstić information content (AvgIpc) is 3.13. The van der Waals surface area contributed by atoms with Gasteiger partial charge in [0.2, 0.25) is 11.8 Å². The number of amides is 2. The van der Waals surface area contributed by atoms with E-state index in [1.54, 1.807) is 42.6 Å². The van der Waals surface area contributed by atoms with E-state index in [4.69, 9.17) is 4.74 Å². The van der Waals surface area contributed by atoms with Gasteiger partial charge in [0, 0.05) is 43.9 Å². The van der Waals surface area contributed by atoms with Crippen LogP contribution in [0.25, 0.3) is 17.3 Å². The Hall–Kier alpha value is -5.56. The van der Waals surface area contributed by atoms with E-state index in [0.717, 1.165) is 34.4 Å². The van der Waals surface area contributed by atoms with Crippen molar-refractivity contribution < 1.29 is 14.3 Å². The molecule has 6 rings (SSSR count). The van der Waals surface area contributed by atoms with E-state index in [9.17, 15) is 9.59 Å². The zero-order valence-corrected chi connectivity index (χ0v) is 25.8. The molecule has 0 radical (unpaired) electrons. The Morgan fingerprint density at radius 1 is 0.848 bits per heavy atom. The summed E-state index contributed by atoms with van der Waals surface area (Å²) < 4.78 is 5.22. The van der Waals surface area contributed by atoms with Crippen molar-refractivity contribution in [1.29, 1.82) is 0 Å². The summed E-state index contributed by atoms with van der Waals surface area (Å²) in [4.78, 5) is 41.1. The van der Waals surface area contributed by atoms with Crippen LogP contribution in [0.3, 0.4) is 0 Å². The van der Waals surface area contributed by atoms with E-state index in [1.165, 1.54) is 11.6 Å². The number of pyridine rings is 2. The average molecular weight is 609 g/mol. The molecule has 0 saturated carbocycles. The third kappa shape index (κ3) is 7.38. The van der Waals surface area contributed by atoms with Gasteiger partial charge in [0.25, 0.3) is 0 Å². The lowest BCUT2D eigenvalue weighted by atomic mass is 9.97. The molecule has 7 nitrogen and oxygen atoms in total. The lowest BCUT2D eigenvalue weighted by Crippen LogP contribution is -2.52. The third-order valence-corrected chi connectivity index (χ3v) is 8.32.